The van der Waals surface area contributed by atoms with Crippen LogP contribution in [0.25, 0.3) is 0 Å². The van der Waals surface area contributed by atoms with Crippen LogP contribution in [0, 0.1) is 0 Å². The van der Waals surface area contributed by atoms with Gasteiger partial charge in [-0.15, -0.1) is 0 Å². The van der Waals surface area contributed by atoms with Gasteiger partial charge in [-0.3, -0.25) is 9.59 Å². The van der Waals surface area contributed by atoms with Crippen molar-refractivity contribution in [3.8, 4) is 11.5 Å². The zero-order valence-corrected chi connectivity index (χ0v) is 15.5. The molecule has 1 atom stereocenters. The predicted octanol–water partition coefficient (Wildman–Crippen LogP) is 2.14. The summed E-state index contributed by atoms with van der Waals surface area (Å²) in [7, 11) is 0. The molecule has 1 unspecified atom stereocenters. The van der Waals surface area contributed by atoms with Crippen molar-refractivity contribution >= 4 is 11.8 Å². The highest BCUT2D eigenvalue weighted by atomic mass is 16.6. The summed E-state index contributed by atoms with van der Waals surface area (Å²) in [5.41, 5.74) is 2.45. The molecule has 0 aromatic heterocycles. The van der Waals surface area contributed by atoms with Crippen LogP contribution in [0.1, 0.15) is 50.7 Å². The van der Waals surface area contributed by atoms with E-state index in [1.54, 1.807) is 6.92 Å². The number of hydrogen-bond donors (Lipinski definition) is 1. The van der Waals surface area contributed by atoms with Crippen molar-refractivity contribution in [1.29, 1.82) is 0 Å². The second-order valence-corrected chi connectivity index (χ2v) is 7.76. The molecule has 1 aromatic carbocycles. The molecule has 2 aliphatic heterocycles. The van der Waals surface area contributed by atoms with E-state index in [0.29, 0.717) is 26.3 Å². The smallest absolute Gasteiger partial charge is 0.245 e. The van der Waals surface area contributed by atoms with Gasteiger partial charge in [0.15, 0.2) is 11.5 Å². The molecular weight excluding hydrogens is 332 g/mol. The first-order valence-corrected chi connectivity index (χ1v) is 9.47. The first kappa shape index (κ1) is 17.2. The Labute approximate surface area is 153 Å². The largest absolute Gasteiger partial charge is 0.486 e. The van der Waals surface area contributed by atoms with Gasteiger partial charge in [-0.1, -0.05) is 12.8 Å². The molecule has 4 rings (SSSR count). The fourth-order valence-electron chi connectivity index (χ4n) is 4.74. The van der Waals surface area contributed by atoms with Gasteiger partial charge in [0.2, 0.25) is 11.8 Å². The summed E-state index contributed by atoms with van der Waals surface area (Å²) in [6, 6.07) is 3.69. The van der Waals surface area contributed by atoms with Crippen molar-refractivity contribution in [3.05, 3.63) is 23.3 Å². The number of carbonyl (C=O) groups excluding carboxylic acids is 2. The van der Waals surface area contributed by atoms with Crippen LogP contribution in [0.4, 0.5) is 0 Å². The standard InChI is InChI=1S/C20H26N2O4/c1-13(21-14(2)23)19(24)22-11-15-9-17-18(26-8-7-25-17)10-16(15)20(12-22)5-3-4-6-20/h9-10,13H,3-8,11-12H2,1-2H3,(H,21,23). The molecule has 6 heteroatoms. The summed E-state index contributed by atoms with van der Waals surface area (Å²) in [6.07, 6.45) is 4.52. The van der Waals surface area contributed by atoms with Gasteiger partial charge in [-0.05, 0) is 43.0 Å². The van der Waals surface area contributed by atoms with Crippen molar-refractivity contribution in [3.63, 3.8) is 0 Å². The second kappa shape index (κ2) is 6.49. The summed E-state index contributed by atoms with van der Waals surface area (Å²) in [5, 5.41) is 2.72. The van der Waals surface area contributed by atoms with Crippen LogP contribution >= 0.6 is 0 Å². The summed E-state index contributed by atoms with van der Waals surface area (Å²) in [6.45, 7) is 5.59. The van der Waals surface area contributed by atoms with Crippen LogP contribution < -0.4 is 14.8 Å². The molecule has 0 radical (unpaired) electrons. The Morgan fingerprint density at radius 2 is 1.81 bits per heavy atom. The van der Waals surface area contributed by atoms with Crippen molar-refractivity contribution in [2.75, 3.05) is 19.8 Å². The van der Waals surface area contributed by atoms with Gasteiger partial charge in [0, 0.05) is 25.4 Å². The average molecular weight is 358 g/mol. The van der Waals surface area contributed by atoms with E-state index in [0.717, 1.165) is 29.9 Å². The van der Waals surface area contributed by atoms with Crippen LogP contribution in [0.15, 0.2) is 12.1 Å². The van der Waals surface area contributed by atoms with E-state index < -0.39 is 6.04 Å². The van der Waals surface area contributed by atoms with Gasteiger partial charge in [0.05, 0.1) is 0 Å². The van der Waals surface area contributed by atoms with E-state index in [1.165, 1.54) is 25.3 Å². The summed E-state index contributed by atoms with van der Waals surface area (Å²) < 4.78 is 11.5. The molecule has 1 aliphatic carbocycles. The fraction of sp³-hybridized carbons (Fsp3) is 0.600. The molecule has 1 N–H and O–H groups in total. The third kappa shape index (κ3) is 2.91. The lowest BCUT2D eigenvalue weighted by Gasteiger charge is -2.43. The lowest BCUT2D eigenvalue weighted by molar-refractivity contribution is -0.137. The van der Waals surface area contributed by atoms with E-state index in [4.69, 9.17) is 9.47 Å². The molecule has 1 fully saturated rings. The number of ether oxygens (including phenoxy) is 2. The molecule has 26 heavy (non-hydrogen) atoms. The fourth-order valence-corrected chi connectivity index (χ4v) is 4.74. The number of nitrogens with zero attached hydrogens (tertiary/aromatic N) is 1. The van der Waals surface area contributed by atoms with Crippen molar-refractivity contribution < 1.29 is 19.1 Å². The minimum Gasteiger partial charge on any atom is -0.486 e. The maximum atomic E-state index is 12.9. The van der Waals surface area contributed by atoms with E-state index in [1.807, 2.05) is 11.0 Å². The topological polar surface area (TPSA) is 67.9 Å². The van der Waals surface area contributed by atoms with E-state index in [2.05, 4.69) is 11.4 Å². The molecule has 2 amide bonds. The third-order valence-electron chi connectivity index (χ3n) is 5.86. The Bertz CT molecular complexity index is 740. The maximum Gasteiger partial charge on any atom is 0.245 e. The molecule has 140 valence electrons. The van der Waals surface area contributed by atoms with Crippen LogP contribution in [0.2, 0.25) is 0 Å². The van der Waals surface area contributed by atoms with Crippen LogP contribution in [0.3, 0.4) is 0 Å². The molecule has 6 nitrogen and oxygen atoms in total. The summed E-state index contributed by atoms with van der Waals surface area (Å²) in [4.78, 5) is 26.2. The zero-order valence-electron chi connectivity index (χ0n) is 15.5. The van der Waals surface area contributed by atoms with Crippen LogP contribution in [-0.4, -0.2) is 42.5 Å². The van der Waals surface area contributed by atoms with Crippen molar-refractivity contribution in [2.45, 2.75) is 57.5 Å². The Morgan fingerprint density at radius 3 is 2.46 bits per heavy atom. The van der Waals surface area contributed by atoms with Gasteiger partial charge < -0.3 is 19.7 Å². The van der Waals surface area contributed by atoms with Gasteiger partial charge in [-0.2, -0.15) is 0 Å². The monoisotopic (exact) mass is 358 g/mol. The maximum absolute atomic E-state index is 12.9. The third-order valence-corrected chi connectivity index (χ3v) is 5.86. The Hall–Kier alpha value is -2.24. The lowest BCUT2D eigenvalue weighted by Crippen LogP contribution is -2.52. The minimum atomic E-state index is -0.510. The Balaban J connectivity index is 1.69. The average Bonchev–Trinajstić information content (AvgIpc) is 3.08. The summed E-state index contributed by atoms with van der Waals surface area (Å²) in [5.74, 6) is 1.39. The normalized spacial score (nSPS) is 21.2. The first-order chi connectivity index (χ1) is 12.5. The molecule has 0 bridgehead atoms. The number of carbonyl (C=O) groups is 2. The lowest BCUT2D eigenvalue weighted by atomic mass is 9.73. The molecule has 1 saturated carbocycles. The molecule has 3 aliphatic rings. The minimum absolute atomic E-state index is 0.00494. The van der Waals surface area contributed by atoms with E-state index >= 15 is 0 Å². The number of rotatable bonds is 2. The van der Waals surface area contributed by atoms with Crippen LogP contribution in [0.5, 0.6) is 11.5 Å². The molecule has 1 spiro atoms. The van der Waals surface area contributed by atoms with Crippen LogP contribution in [-0.2, 0) is 21.5 Å². The number of nitrogens with one attached hydrogen (secondary N) is 1. The Morgan fingerprint density at radius 1 is 1.15 bits per heavy atom. The van der Waals surface area contributed by atoms with Crippen molar-refractivity contribution in [2.24, 2.45) is 0 Å². The molecule has 2 heterocycles. The quantitative estimate of drug-likeness (QED) is 0.879. The number of hydrogen-bond acceptors (Lipinski definition) is 4. The predicted molar refractivity (Wildman–Crippen MR) is 96.3 cm³/mol. The molecule has 1 aromatic rings. The molecular formula is C20H26N2O4. The number of benzene rings is 1. The van der Waals surface area contributed by atoms with Gasteiger partial charge >= 0.3 is 0 Å². The highest BCUT2D eigenvalue weighted by Gasteiger charge is 2.44. The highest BCUT2D eigenvalue weighted by molar-refractivity contribution is 5.86. The highest BCUT2D eigenvalue weighted by Crippen LogP contribution is 2.49. The van der Waals surface area contributed by atoms with Gasteiger partial charge in [0.25, 0.3) is 0 Å². The zero-order chi connectivity index (χ0) is 18.3. The van der Waals surface area contributed by atoms with Crippen molar-refractivity contribution in [1.82, 2.24) is 10.2 Å². The van der Waals surface area contributed by atoms with Gasteiger partial charge in [0.1, 0.15) is 19.3 Å². The van der Waals surface area contributed by atoms with E-state index in [9.17, 15) is 9.59 Å². The molecule has 0 saturated heterocycles. The number of amides is 2. The van der Waals surface area contributed by atoms with E-state index in [-0.39, 0.29) is 17.2 Å². The summed E-state index contributed by atoms with van der Waals surface area (Å²) >= 11 is 0. The van der Waals surface area contributed by atoms with Gasteiger partial charge in [-0.25, -0.2) is 0 Å². The number of fused-ring (bicyclic) bond motifs is 3. The first-order valence-electron chi connectivity index (χ1n) is 9.47. The SMILES string of the molecule is CC(=O)NC(C)C(=O)N1Cc2cc3c(cc2C2(CCCC2)C1)OCCO3. The second-order valence-electron chi connectivity index (χ2n) is 7.76. The Kier molecular flexibility index (Phi) is 4.29.